The van der Waals surface area contributed by atoms with Crippen LogP contribution in [-0.2, 0) is 0 Å². The van der Waals surface area contributed by atoms with E-state index >= 15 is 0 Å². The van der Waals surface area contributed by atoms with Gasteiger partial charge in [0.2, 0.25) is 0 Å². The Morgan fingerprint density at radius 3 is 2.68 bits per heavy atom. The summed E-state index contributed by atoms with van der Waals surface area (Å²) >= 11 is 0. The fraction of sp³-hybridized carbons (Fsp3) is 0.200. The Balaban J connectivity index is 2.13. The van der Waals surface area contributed by atoms with Crippen LogP contribution in [0.25, 0.3) is 0 Å². The van der Waals surface area contributed by atoms with E-state index in [-0.39, 0.29) is 11.9 Å². The van der Waals surface area contributed by atoms with Gasteiger partial charge in [-0.25, -0.2) is 0 Å². The zero-order valence-electron chi connectivity index (χ0n) is 10.8. The van der Waals surface area contributed by atoms with E-state index in [1.165, 1.54) is 6.20 Å². The highest BCUT2D eigenvalue weighted by atomic mass is 16.1. The van der Waals surface area contributed by atoms with Gasteiger partial charge in [0.1, 0.15) is 5.69 Å². The molecular weight excluding hydrogens is 238 g/mol. The second kappa shape index (κ2) is 6.00. The predicted octanol–water partition coefficient (Wildman–Crippen LogP) is 2.54. The number of anilines is 1. The molecule has 0 saturated carbocycles. The lowest BCUT2D eigenvalue weighted by Gasteiger charge is -2.17. The zero-order valence-corrected chi connectivity index (χ0v) is 10.8. The van der Waals surface area contributed by atoms with E-state index in [0.29, 0.717) is 11.4 Å². The summed E-state index contributed by atoms with van der Waals surface area (Å²) in [5.74, 6) is -0.206. The van der Waals surface area contributed by atoms with Crippen LogP contribution in [0.2, 0.25) is 0 Å². The molecule has 0 radical (unpaired) electrons. The van der Waals surface area contributed by atoms with Gasteiger partial charge in [0, 0.05) is 11.9 Å². The predicted molar refractivity (Wildman–Crippen MR) is 75.6 cm³/mol. The lowest BCUT2D eigenvalue weighted by molar-refractivity contribution is 0.0930. The molecule has 0 saturated heterocycles. The molecule has 98 valence electrons. The number of aromatic nitrogens is 1. The molecule has 1 heterocycles. The van der Waals surface area contributed by atoms with Gasteiger partial charge in [-0.15, -0.1) is 0 Å². The van der Waals surface area contributed by atoms with Crippen molar-refractivity contribution in [3.63, 3.8) is 0 Å². The maximum absolute atomic E-state index is 12.1. The van der Waals surface area contributed by atoms with Gasteiger partial charge in [-0.3, -0.25) is 9.78 Å². The summed E-state index contributed by atoms with van der Waals surface area (Å²) in [7, 11) is 0. The molecular formula is C15H17N3O. The Kier molecular flexibility index (Phi) is 4.13. The van der Waals surface area contributed by atoms with Crippen LogP contribution in [0.15, 0.2) is 48.7 Å². The Hall–Kier alpha value is -2.36. The Morgan fingerprint density at radius 2 is 2.05 bits per heavy atom. The maximum Gasteiger partial charge on any atom is 0.270 e. The average molecular weight is 255 g/mol. The number of nitrogens with two attached hydrogens (primary N) is 1. The van der Waals surface area contributed by atoms with Crippen molar-refractivity contribution in [2.75, 3.05) is 5.73 Å². The smallest absolute Gasteiger partial charge is 0.270 e. The summed E-state index contributed by atoms with van der Waals surface area (Å²) in [6.45, 7) is 2.03. The van der Waals surface area contributed by atoms with Gasteiger partial charge in [0.05, 0.1) is 6.04 Å². The molecule has 1 atom stereocenters. The van der Waals surface area contributed by atoms with Crippen molar-refractivity contribution in [2.45, 2.75) is 19.4 Å². The molecule has 3 N–H and O–H groups in total. The lowest BCUT2D eigenvalue weighted by Crippen LogP contribution is -2.28. The van der Waals surface area contributed by atoms with E-state index in [2.05, 4.69) is 10.3 Å². The first-order valence-electron chi connectivity index (χ1n) is 6.28. The molecule has 0 spiro atoms. The normalized spacial score (nSPS) is 11.8. The zero-order chi connectivity index (χ0) is 13.7. The van der Waals surface area contributed by atoms with Crippen molar-refractivity contribution in [3.05, 3.63) is 59.9 Å². The minimum Gasteiger partial charge on any atom is -0.399 e. The van der Waals surface area contributed by atoms with Gasteiger partial charge in [0.15, 0.2) is 0 Å². The number of nitrogens with one attached hydrogen (secondary N) is 1. The third-order valence-corrected chi connectivity index (χ3v) is 2.93. The van der Waals surface area contributed by atoms with Gasteiger partial charge in [-0.05, 0) is 24.1 Å². The number of hydrogen-bond donors (Lipinski definition) is 2. The van der Waals surface area contributed by atoms with Crippen LogP contribution in [-0.4, -0.2) is 10.9 Å². The molecule has 1 aromatic heterocycles. The van der Waals surface area contributed by atoms with Gasteiger partial charge in [-0.2, -0.15) is 0 Å². The highest BCUT2D eigenvalue weighted by molar-refractivity contribution is 5.93. The monoisotopic (exact) mass is 255 g/mol. The number of carbonyl (C=O) groups excluding carboxylic acids is 1. The third-order valence-electron chi connectivity index (χ3n) is 2.93. The second-order valence-corrected chi connectivity index (χ2v) is 4.32. The largest absolute Gasteiger partial charge is 0.399 e. The Bertz CT molecular complexity index is 554. The molecule has 1 amide bonds. The van der Waals surface area contributed by atoms with Gasteiger partial charge >= 0.3 is 0 Å². The molecule has 0 aliphatic rings. The van der Waals surface area contributed by atoms with E-state index in [0.717, 1.165) is 12.0 Å². The van der Waals surface area contributed by atoms with Crippen LogP contribution >= 0.6 is 0 Å². The molecule has 4 nitrogen and oxygen atoms in total. The third kappa shape index (κ3) is 3.31. The number of amides is 1. The number of nitrogens with zero attached hydrogens (tertiary/aromatic N) is 1. The molecule has 1 unspecified atom stereocenters. The van der Waals surface area contributed by atoms with Gasteiger partial charge in [-0.1, -0.05) is 37.3 Å². The van der Waals surface area contributed by atoms with Crippen molar-refractivity contribution in [1.29, 1.82) is 0 Å². The summed E-state index contributed by atoms with van der Waals surface area (Å²) in [6, 6.07) is 13.1. The standard InChI is InChI=1S/C15H17N3O/c1-2-13(11-6-4-3-5-7-11)18-15(19)14-10-12(16)8-9-17-14/h3-10,13H,2H2,1H3,(H2,16,17)(H,18,19). The van der Waals surface area contributed by atoms with Crippen molar-refractivity contribution in [3.8, 4) is 0 Å². The number of benzene rings is 1. The number of rotatable bonds is 4. The molecule has 19 heavy (non-hydrogen) atoms. The number of nitrogen functional groups attached to an aromatic ring is 1. The highest BCUT2D eigenvalue weighted by Gasteiger charge is 2.14. The molecule has 0 fully saturated rings. The van der Waals surface area contributed by atoms with Crippen molar-refractivity contribution in [1.82, 2.24) is 10.3 Å². The van der Waals surface area contributed by atoms with E-state index in [4.69, 9.17) is 5.73 Å². The maximum atomic E-state index is 12.1. The van der Waals surface area contributed by atoms with Crippen LogP contribution in [0.3, 0.4) is 0 Å². The number of hydrogen-bond acceptors (Lipinski definition) is 3. The summed E-state index contributed by atoms with van der Waals surface area (Å²) in [5, 5.41) is 2.97. The van der Waals surface area contributed by atoms with Gasteiger partial charge in [0.25, 0.3) is 5.91 Å². The van der Waals surface area contributed by atoms with Crippen LogP contribution in [0, 0.1) is 0 Å². The quantitative estimate of drug-likeness (QED) is 0.882. The average Bonchev–Trinajstić information content (AvgIpc) is 2.45. The lowest BCUT2D eigenvalue weighted by atomic mass is 10.0. The van der Waals surface area contributed by atoms with Crippen LogP contribution < -0.4 is 11.1 Å². The van der Waals surface area contributed by atoms with Crippen molar-refractivity contribution < 1.29 is 4.79 Å². The van der Waals surface area contributed by atoms with E-state index in [9.17, 15) is 4.79 Å². The molecule has 4 heteroatoms. The van der Waals surface area contributed by atoms with Crippen molar-refractivity contribution >= 4 is 11.6 Å². The van der Waals surface area contributed by atoms with Crippen LogP contribution in [0.1, 0.15) is 35.4 Å². The molecule has 0 bridgehead atoms. The molecule has 2 aromatic rings. The number of carbonyl (C=O) groups is 1. The topological polar surface area (TPSA) is 68.0 Å². The molecule has 0 aliphatic heterocycles. The molecule has 0 aliphatic carbocycles. The number of pyridine rings is 1. The highest BCUT2D eigenvalue weighted by Crippen LogP contribution is 2.16. The minimum atomic E-state index is -0.206. The Morgan fingerprint density at radius 1 is 1.32 bits per heavy atom. The second-order valence-electron chi connectivity index (χ2n) is 4.32. The first-order chi connectivity index (χ1) is 9.20. The Labute approximate surface area is 112 Å². The summed E-state index contributed by atoms with van der Waals surface area (Å²) in [6.07, 6.45) is 2.35. The molecule has 2 rings (SSSR count). The van der Waals surface area contributed by atoms with Gasteiger partial charge < -0.3 is 11.1 Å². The first kappa shape index (κ1) is 13.1. The van der Waals surface area contributed by atoms with E-state index in [1.807, 2.05) is 37.3 Å². The van der Waals surface area contributed by atoms with E-state index < -0.39 is 0 Å². The first-order valence-corrected chi connectivity index (χ1v) is 6.28. The van der Waals surface area contributed by atoms with Crippen LogP contribution in [0.4, 0.5) is 5.69 Å². The minimum absolute atomic E-state index is 0.0167. The summed E-state index contributed by atoms with van der Waals surface area (Å²) in [5.41, 5.74) is 7.61. The summed E-state index contributed by atoms with van der Waals surface area (Å²) < 4.78 is 0. The van der Waals surface area contributed by atoms with Crippen molar-refractivity contribution in [2.24, 2.45) is 0 Å². The fourth-order valence-electron chi connectivity index (χ4n) is 1.91. The fourth-order valence-corrected chi connectivity index (χ4v) is 1.91. The SMILES string of the molecule is CCC(NC(=O)c1cc(N)ccn1)c1ccccc1. The van der Waals surface area contributed by atoms with Crippen LogP contribution in [0.5, 0.6) is 0 Å². The molecule has 1 aromatic carbocycles. The summed E-state index contributed by atoms with van der Waals surface area (Å²) in [4.78, 5) is 16.1. The van der Waals surface area contributed by atoms with E-state index in [1.54, 1.807) is 12.1 Å².